The quantitative estimate of drug-likeness (QED) is 0.873. The van der Waals surface area contributed by atoms with Crippen molar-refractivity contribution in [2.75, 3.05) is 0 Å². The Morgan fingerprint density at radius 2 is 1.76 bits per heavy atom. The normalized spacial score (nSPS) is 43.2. The molecule has 0 spiro atoms. The topological polar surface area (TPSA) is 38.9 Å². The molecule has 4 aliphatic carbocycles. The number of nitrogens with zero attached hydrogens (tertiary/aromatic N) is 1. The average Bonchev–Trinajstić information content (AvgIpc) is 2.76. The van der Waals surface area contributed by atoms with Gasteiger partial charge in [0.2, 0.25) is 0 Å². The number of aromatic nitrogens is 1. The SMILES string of the molecule is NCc1nc(C23CC4CC(CC(C4)C2)C3)cs1. The van der Waals surface area contributed by atoms with Crippen molar-refractivity contribution in [1.82, 2.24) is 4.98 Å². The van der Waals surface area contributed by atoms with E-state index in [-0.39, 0.29) is 0 Å². The molecule has 1 aromatic rings. The van der Waals surface area contributed by atoms with Crippen molar-refractivity contribution in [3.8, 4) is 0 Å². The van der Waals surface area contributed by atoms with Crippen LogP contribution in [0.3, 0.4) is 0 Å². The van der Waals surface area contributed by atoms with Crippen LogP contribution in [0.25, 0.3) is 0 Å². The van der Waals surface area contributed by atoms with E-state index in [9.17, 15) is 0 Å². The van der Waals surface area contributed by atoms with Gasteiger partial charge in [0.05, 0.1) is 5.69 Å². The average molecular weight is 248 g/mol. The first-order chi connectivity index (χ1) is 8.27. The van der Waals surface area contributed by atoms with Crippen molar-refractivity contribution >= 4 is 11.3 Å². The molecule has 2 nitrogen and oxygen atoms in total. The number of thiazole rings is 1. The summed E-state index contributed by atoms with van der Waals surface area (Å²) in [6.45, 7) is 0.608. The Bertz CT molecular complexity index is 402. The molecule has 1 heterocycles. The first-order valence-electron chi connectivity index (χ1n) is 6.92. The van der Waals surface area contributed by atoms with Crippen molar-refractivity contribution in [3.05, 3.63) is 16.1 Å². The van der Waals surface area contributed by atoms with E-state index in [1.54, 1.807) is 11.3 Å². The van der Waals surface area contributed by atoms with Gasteiger partial charge in [-0.05, 0) is 56.3 Å². The van der Waals surface area contributed by atoms with Crippen LogP contribution < -0.4 is 5.73 Å². The summed E-state index contributed by atoms with van der Waals surface area (Å²) < 4.78 is 0. The predicted molar refractivity (Wildman–Crippen MR) is 69.9 cm³/mol. The number of rotatable bonds is 2. The first-order valence-corrected chi connectivity index (χ1v) is 7.80. The van der Waals surface area contributed by atoms with E-state index in [2.05, 4.69) is 5.38 Å². The third kappa shape index (κ3) is 1.52. The van der Waals surface area contributed by atoms with Crippen LogP contribution >= 0.6 is 11.3 Å². The van der Waals surface area contributed by atoms with E-state index < -0.39 is 0 Å². The van der Waals surface area contributed by atoms with Crippen molar-refractivity contribution in [3.63, 3.8) is 0 Å². The summed E-state index contributed by atoms with van der Waals surface area (Å²) in [4.78, 5) is 4.81. The zero-order valence-corrected chi connectivity index (χ0v) is 11.0. The molecule has 0 saturated heterocycles. The van der Waals surface area contributed by atoms with Gasteiger partial charge in [-0.3, -0.25) is 0 Å². The van der Waals surface area contributed by atoms with Crippen LogP contribution in [0.5, 0.6) is 0 Å². The first kappa shape index (κ1) is 10.5. The van der Waals surface area contributed by atoms with E-state index in [4.69, 9.17) is 10.7 Å². The molecular formula is C14H20N2S. The van der Waals surface area contributed by atoms with Crippen molar-refractivity contribution in [2.24, 2.45) is 23.5 Å². The highest BCUT2D eigenvalue weighted by atomic mass is 32.1. The molecule has 4 fully saturated rings. The molecule has 0 unspecified atom stereocenters. The number of hydrogen-bond acceptors (Lipinski definition) is 3. The Morgan fingerprint density at radius 3 is 2.24 bits per heavy atom. The van der Waals surface area contributed by atoms with E-state index in [0.29, 0.717) is 12.0 Å². The second-order valence-corrected chi connectivity index (χ2v) is 7.47. The maximum absolute atomic E-state index is 5.70. The summed E-state index contributed by atoms with van der Waals surface area (Å²) in [5, 5.41) is 3.42. The van der Waals surface area contributed by atoms with Gasteiger partial charge in [0.25, 0.3) is 0 Å². The van der Waals surface area contributed by atoms with Crippen LogP contribution in [0.1, 0.15) is 49.2 Å². The van der Waals surface area contributed by atoms with E-state index in [1.807, 2.05) is 0 Å². The highest BCUT2D eigenvalue weighted by Crippen LogP contribution is 2.60. The van der Waals surface area contributed by atoms with Crippen LogP contribution in [0.2, 0.25) is 0 Å². The fourth-order valence-corrected chi connectivity index (χ4v) is 5.87. The highest BCUT2D eigenvalue weighted by Gasteiger charge is 2.52. The summed E-state index contributed by atoms with van der Waals surface area (Å²) in [5.41, 5.74) is 7.55. The van der Waals surface area contributed by atoms with Gasteiger partial charge < -0.3 is 5.73 Å². The molecule has 4 saturated carbocycles. The molecule has 0 atom stereocenters. The minimum atomic E-state index is 0.457. The second kappa shape index (κ2) is 3.55. The van der Waals surface area contributed by atoms with E-state index in [1.165, 1.54) is 44.2 Å². The minimum Gasteiger partial charge on any atom is -0.325 e. The van der Waals surface area contributed by atoms with Crippen molar-refractivity contribution in [1.29, 1.82) is 0 Å². The standard InChI is InChI=1S/C14H20N2S/c15-7-13-16-12(8-17-13)14-4-9-1-10(5-14)3-11(2-9)6-14/h8-11H,1-7,15H2. The van der Waals surface area contributed by atoms with Crippen LogP contribution in [-0.2, 0) is 12.0 Å². The molecular weight excluding hydrogens is 228 g/mol. The lowest BCUT2D eigenvalue weighted by Gasteiger charge is -2.56. The van der Waals surface area contributed by atoms with Crippen LogP contribution in [0.4, 0.5) is 0 Å². The highest BCUT2D eigenvalue weighted by molar-refractivity contribution is 7.09. The maximum atomic E-state index is 5.70. The minimum absolute atomic E-state index is 0.457. The molecule has 92 valence electrons. The van der Waals surface area contributed by atoms with E-state index in [0.717, 1.165) is 22.8 Å². The Hall–Kier alpha value is -0.410. The molecule has 5 rings (SSSR count). The van der Waals surface area contributed by atoms with Crippen molar-refractivity contribution in [2.45, 2.75) is 50.5 Å². The van der Waals surface area contributed by atoms with E-state index >= 15 is 0 Å². The van der Waals surface area contributed by atoms with Gasteiger partial charge in [-0.25, -0.2) is 4.98 Å². The molecule has 0 aromatic carbocycles. The molecule has 0 amide bonds. The van der Waals surface area contributed by atoms with Gasteiger partial charge in [-0.1, -0.05) is 0 Å². The molecule has 1 aromatic heterocycles. The smallest absolute Gasteiger partial charge is 0.106 e. The van der Waals surface area contributed by atoms with Gasteiger partial charge in [-0.15, -0.1) is 11.3 Å². The summed E-state index contributed by atoms with van der Waals surface area (Å²) in [6.07, 6.45) is 8.75. The lowest BCUT2D eigenvalue weighted by atomic mass is 9.49. The fraction of sp³-hybridized carbons (Fsp3) is 0.786. The summed E-state index contributed by atoms with van der Waals surface area (Å²) in [7, 11) is 0. The second-order valence-electron chi connectivity index (χ2n) is 6.53. The molecule has 4 aliphatic rings. The Labute approximate surface area is 107 Å². The number of hydrogen-bond donors (Lipinski definition) is 1. The number of nitrogens with two attached hydrogens (primary N) is 1. The van der Waals surface area contributed by atoms with Gasteiger partial charge in [0.1, 0.15) is 5.01 Å². The molecule has 3 heteroatoms. The molecule has 2 N–H and O–H groups in total. The van der Waals surface area contributed by atoms with Gasteiger partial charge in [0, 0.05) is 17.3 Å². The summed E-state index contributed by atoms with van der Waals surface area (Å²) >= 11 is 1.76. The van der Waals surface area contributed by atoms with Gasteiger partial charge in [0.15, 0.2) is 0 Å². The van der Waals surface area contributed by atoms with Crippen LogP contribution in [-0.4, -0.2) is 4.98 Å². The largest absolute Gasteiger partial charge is 0.325 e. The Kier molecular flexibility index (Phi) is 2.19. The van der Waals surface area contributed by atoms with Crippen LogP contribution in [0, 0.1) is 17.8 Å². The summed E-state index contributed by atoms with van der Waals surface area (Å²) in [6, 6.07) is 0. The van der Waals surface area contributed by atoms with Crippen molar-refractivity contribution < 1.29 is 0 Å². The lowest BCUT2D eigenvalue weighted by molar-refractivity contribution is -0.00698. The Balaban J connectivity index is 1.72. The fourth-order valence-electron chi connectivity index (χ4n) is 5.07. The zero-order valence-electron chi connectivity index (χ0n) is 10.2. The lowest BCUT2D eigenvalue weighted by Crippen LogP contribution is -2.48. The molecule has 0 radical (unpaired) electrons. The Morgan fingerprint density at radius 1 is 1.18 bits per heavy atom. The third-order valence-electron chi connectivity index (χ3n) is 5.31. The van der Waals surface area contributed by atoms with Crippen LogP contribution in [0.15, 0.2) is 5.38 Å². The monoisotopic (exact) mass is 248 g/mol. The third-order valence-corrected chi connectivity index (χ3v) is 6.18. The summed E-state index contributed by atoms with van der Waals surface area (Å²) in [5.74, 6) is 3.01. The predicted octanol–water partition coefficient (Wildman–Crippen LogP) is 3.07. The van der Waals surface area contributed by atoms with Gasteiger partial charge in [-0.2, -0.15) is 0 Å². The molecule has 17 heavy (non-hydrogen) atoms. The molecule has 4 bridgehead atoms. The molecule has 0 aliphatic heterocycles. The van der Waals surface area contributed by atoms with Gasteiger partial charge >= 0.3 is 0 Å². The zero-order chi connectivity index (χ0) is 11.5. The maximum Gasteiger partial charge on any atom is 0.106 e.